The Labute approximate surface area is 172 Å². The monoisotopic (exact) mass is 408 g/mol. The first kappa shape index (κ1) is 20.5. The van der Waals surface area contributed by atoms with Crippen molar-refractivity contribution in [3.8, 4) is 0 Å². The number of rotatable bonds is 6. The molecule has 0 amide bonds. The molecular weight excluding hydrogens is 388 g/mol. The summed E-state index contributed by atoms with van der Waals surface area (Å²) in [5.41, 5.74) is 7.99. The first-order valence-electron chi connectivity index (χ1n) is 8.81. The Bertz CT molecular complexity index is 1070. The zero-order valence-electron chi connectivity index (χ0n) is 16.6. The number of nitrogens with one attached hydrogen (secondary N) is 2. The van der Waals surface area contributed by atoms with Gasteiger partial charge in [-0.25, -0.2) is 24.5 Å². The van der Waals surface area contributed by atoms with E-state index < -0.39 is 11.9 Å². The van der Waals surface area contributed by atoms with Gasteiger partial charge in [0.1, 0.15) is 17.8 Å². The standard InChI is InChI=1S/C20H20N6O4/c1-11-5-4-6-15(24-11)26-18-16(21)17(22-10-23-18)25-14-8-12(19(27)29-2)7-13(9-14)20(28)30-3/h4-10H,21H2,1-3H3,(H2,22,23,24,25,26). The minimum Gasteiger partial charge on any atom is -0.465 e. The van der Waals surface area contributed by atoms with Crippen molar-refractivity contribution in [2.75, 3.05) is 30.6 Å². The van der Waals surface area contributed by atoms with Crippen LogP contribution in [0.5, 0.6) is 0 Å². The lowest BCUT2D eigenvalue weighted by molar-refractivity contribution is 0.0599. The summed E-state index contributed by atoms with van der Waals surface area (Å²) in [4.78, 5) is 36.6. The smallest absolute Gasteiger partial charge is 0.337 e. The van der Waals surface area contributed by atoms with Crippen molar-refractivity contribution < 1.29 is 19.1 Å². The number of nitrogens with zero attached hydrogens (tertiary/aromatic N) is 3. The number of benzene rings is 1. The van der Waals surface area contributed by atoms with Gasteiger partial charge in [0.25, 0.3) is 0 Å². The van der Waals surface area contributed by atoms with Gasteiger partial charge in [-0.15, -0.1) is 0 Å². The predicted molar refractivity (Wildman–Crippen MR) is 111 cm³/mol. The molecule has 3 aromatic rings. The van der Waals surface area contributed by atoms with Gasteiger partial charge in [-0.2, -0.15) is 0 Å². The Balaban J connectivity index is 1.94. The lowest BCUT2D eigenvalue weighted by Gasteiger charge is -2.13. The van der Waals surface area contributed by atoms with Gasteiger partial charge in [0.05, 0.1) is 25.3 Å². The second-order valence-electron chi connectivity index (χ2n) is 6.18. The third-order valence-corrected chi connectivity index (χ3v) is 4.06. The molecule has 0 saturated heterocycles. The molecule has 0 aliphatic carbocycles. The third-order valence-electron chi connectivity index (χ3n) is 4.06. The molecule has 30 heavy (non-hydrogen) atoms. The summed E-state index contributed by atoms with van der Waals surface area (Å²) in [6, 6.07) is 9.90. The second kappa shape index (κ2) is 8.86. The van der Waals surface area contributed by atoms with E-state index in [0.717, 1.165) is 5.69 Å². The van der Waals surface area contributed by atoms with Crippen molar-refractivity contribution >= 4 is 40.8 Å². The van der Waals surface area contributed by atoms with E-state index in [1.165, 1.54) is 38.7 Å². The number of carbonyl (C=O) groups is 2. The van der Waals surface area contributed by atoms with Crippen LogP contribution < -0.4 is 16.4 Å². The summed E-state index contributed by atoms with van der Waals surface area (Å²) < 4.78 is 9.49. The minimum absolute atomic E-state index is 0.165. The molecule has 0 radical (unpaired) electrons. The number of hydrogen-bond acceptors (Lipinski definition) is 10. The Morgan fingerprint density at radius 1 is 0.933 bits per heavy atom. The Hall–Kier alpha value is -4.21. The molecule has 2 aromatic heterocycles. The highest BCUT2D eigenvalue weighted by Crippen LogP contribution is 2.28. The van der Waals surface area contributed by atoms with Crippen LogP contribution in [0.2, 0.25) is 0 Å². The molecule has 10 heteroatoms. The highest BCUT2D eigenvalue weighted by Gasteiger charge is 2.16. The fourth-order valence-corrected chi connectivity index (χ4v) is 2.64. The molecule has 2 heterocycles. The summed E-state index contributed by atoms with van der Waals surface area (Å²) in [6.07, 6.45) is 1.32. The zero-order chi connectivity index (χ0) is 21.7. The van der Waals surface area contributed by atoms with E-state index in [-0.39, 0.29) is 22.6 Å². The van der Waals surface area contributed by atoms with Gasteiger partial charge in [-0.05, 0) is 37.3 Å². The number of ether oxygens (including phenoxy) is 2. The first-order valence-corrected chi connectivity index (χ1v) is 8.81. The normalized spacial score (nSPS) is 10.2. The summed E-state index contributed by atoms with van der Waals surface area (Å²) in [6.45, 7) is 1.87. The SMILES string of the molecule is COC(=O)c1cc(Nc2ncnc(Nc3cccc(C)n3)c2N)cc(C(=O)OC)c1. The maximum atomic E-state index is 12.0. The van der Waals surface area contributed by atoms with Crippen molar-refractivity contribution in [1.82, 2.24) is 15.0 Å². The van der Waals surface area contributed by atoms with E-state index in [9.17, 15) is 9.59 Å². The molecule has 0 fully saturated rings. The molecule has 154 valence electrons. The first-order chi connectivity index (χ1) is 14.4. The van der Waals surface area contributed by atoms with Crippen LogP contribution >= 0.6 is 0 Å². The van der Waals surface area contributed by atoms with Gasteiger partial charge in [-0.3, -0.25) is 0 Å². The molecular formula is C20H20N6O4. The predicted octanol–water partition coefficient (Wildman–Crippen LogP) is 2.82. The van der Waals surface area contributed by atoms with Gasteiger partial charge in [-0.1, -0.05) is 6.07 Å². The third kappa shape index (κ3) is 4.61. The van der Waals surface area contributed by atoms with Crippen LogP contribution in [0, 0.1) is 6.92 Å². The second-order valence-corrected chi connectivity index (χ2v) is 6.18. The molecule has 0 atom stereocenters. The van der Waals surface area contributed by atoms with Crippen molar-refractivity contribution in [2.24, 2.45) is 0 Å². The average molecular weight is 408 g/mol. The number of carbonyl (C=O) groups excluding carboxylic acids is 2. The van der Waals surface area contributed by atoms with Gasteiger partial charge >= 0.3 is 11.9 Å². The molecule has 0 saturated carbocycles. The number of pyridine rings is 1. The lowest BCUT2D eigenvalue weighted by atomic mass is 10.1. The number of methoxy groups -OCH3 is 2. The van der Waals surface area contributed by atoms with Crippen molar-refractivity contribution in [3.63, 3.8) is 0 Å². The van der Waals surface area contributed by atoms with Gasteiger partial charge in [0.15, 0.2) is 11.6 Å². The maximum absolute atomic E-state index is 12.0. The van der Waals surface area contributed by atoms with E-state index in [0.29, 0.717) is 17.3 Å². The quantitative estimate of drug-likeness (QED) is 0.521. The van der Waals surface area contributed by atoms with Gasteiger partial charge in [0.2, 0.25) is 0 Å². The van der Waals surface area contributed by atoms with Crippen LogP contribution in [0.3, 0.4) is 0 Å². The fraction of sp³-hybridized carbons (Fsp3) is 0.150. The van der Waals surface area contributed by atoms with E-state index in [4.69, 9.17) is 15.2 Å². The summed E-state index contributed by atoms with van der Waals surface area (Å²) >= 11 is 0. The highest BCUT2D eigenvalue weighted by atomic mass is 16.5. The summed E-state index contributed by atoms with van der Waals surface area (Å²) in [5.74, 6) is -0.00686. The van der Waals surface area contributed by atoms with Crippen LogP contribution in [0.25, 0.3) is 0 Å². The van der Waals surface area contributed by atoms with E-state index in [1.54, 1.807) is 6.07 Å². The van der Waals surface area contributed by atoms with Gasteiger partial charge in [0, 0.05) is 11.4 Å². The van der Waals surface area contributed by atoms with Gasteiger partial charge < -0.3 is 25.8 Å². The van der Waals surface area contributed by atoms with Crippen molar-refractivity contribution in [1.29, 1.82) is 0 Å². The number of aryl methyl sites for hydroxylation is 1. The number of esters is 2. The Morgan fingerprint density at radius 3 is 2.10 bits per heavy atom. The summed E-state index contributed by atoms with van der Waals surface area (Å²) in [7, 11) is 2.50. The largest absolute Gasteiger partial charge is 0.465 e. The van der Waals surface area contributed by atoms with Crippen LogP contribution in [-0.4, -0.2) is 41.1 Å². The molecule has 3 rings (SSSR count). The molecule has 10 nitrogen and oxygen atoms in total. The topological polar surface area (TPSA) is 141 Å². The maximum Gasteiger partial charge on any atom is 0.337 e. The fourth-order valence-electron chi connectivity index (χ4n) is 2.64. The highest BCUT2D eigenvalue weighted by molar-refractivity contribution is 5.97. The molecule has 0 aliphatic heterocycles. The van der Waals surface area contributed by atoms with E-state index in [2.05, 4.69) is 25.6 Å². The minimum atomic E-state index is -0.604. The number of nitrogen functional groups attached to an aromatic ring is 1. The average Bonchev–Trinajstić information content (AvgIpc) is 2.75. The molecule has 4 N–H and O–H groups in total. The molecule has 1 aromatic carbocycles. The number of aromatic nitrogens is 3. The van der Waals surface area contributed by atoms with Crippen LogP contribution in [0.1, 0.15) is 26.4 Å². The zero-order valence-corrected chi connectivity index (χ0v) is 16.6. The van der Waals surface area contributed by atoms with E-state index in [1.807, 2.05) is 19.1 Å². The molecule has 0 unspecified atom stereocenters. The molecule has 0 aliphatic rings. The van der Waals surface area contributed by atoms with E-state index >= 15 is 0 Å². The lowest BCUT2D eigenvalue weighted by Crippen LogP contribution is -2.09. The van der Waals surface area contributed by atoms with Crippen LogP contribution in [0.4, 0.5) is 28.8 Å². The number of hydrogen-bond donors (Lipinski definition) is 3. The Kier molecular flexibility index (Phi) is 6.06. The van der Waals surface area contributed by atoms with Crippen LogP contribution in [-0.2, 0) is 9.47 Å². The molecule has 0 spiro atoms. The number of anilines is 5. The van der Waals surface area contributed by atoms with Crippen molar-refractivity contribution in [2.45, 2.75) is 6.92 Å². The summed E-state index contributed by atoms with van der Waals surface area (Å²) in [5, 5.41) is 6.04. The van der Waals surface area contributed by atoms with Crippen LogP contribution in [0.15, 0.2) is 42.7 Å². The molecule has 0 bridgehead atoms. The Morgan fingerprint density at radius 2 is 1.53 bits per heavy atom. The van der Waals surface area contributed by atoms with Crippen molar-refractivity contribution in [3.05, 3.63) is 59.5 Å². The number of nitrogens with two attached hydrogens (primary N) is 1.